The van der Waals surface area contributed by atoms with Crippen LogP contribution in [0.15, 0.2) is 30.3 Å². The topological polar surface area (TPSA) is 12.0 Å². The minimum atomic E-state index is 0.648. The lowest BCUT2D eigenvalue weighted by Gasteiger charge is -2.22. The zero-order valence-electron chi connectivity index (χ0n) is 10.2. The van der Waals surface area contributed by atoms with E-state index >= 15 is 0 Å². The lowest BCUT2D eigenvalue weighted by Crippen LogP contribution is -2.32. The molecule has 0 saturated heterocycles. The van der Waals surface area contributed by atoms with E-state index in [-0.39, 0.29) is 0 Å². The fraction of sp³-hybridized carbons (Fsp3) is 0.571. The Bertz CT molecular complexity index is 255. The summed E-state index contributed by atoms with van der Waals surface area (Å²) in [5.41, 5.74) is 1.45. The van der Waals surface area contributed by atoms with Crippen molar-refractivity contribution >= 4 is 0 Å². The van der Waals surface area contributed by atoms with Gasteiger partial charge in [-0.25, -0.2) is 0 Å². The zero-order valence-corrected chi connectivity index (χ0v) is 10.2. The first-order valence-electron chi connectivity index (χ1n) is 5.99. The maximum atomic E-state index is 3.42. The predicted molar refractivity (Wildman–Crippen MR) is 67.1 cm³/mol. The molecule has 0 bridgehead atoms. The standard InChI is InChI=1S/C14H23N/c1-4-12(2)14(15-3)11-10-13-8-6-5-7-9-13/h5-9,12,14-15H,4,10-11H2,1-3H3. The molecule has 2 atom stereocenters. The average molecular weight is 205 g/mol. The maximum absolute atomic E-state index is 3.42. The van der Waals surface area contributed by atoms with Crippen molar-refractivity contribution in [3.05, 3.63) is 35.9 Å². The minimum Gasteiger partial charge on any atom is -0.317 e. The molecule has 0 radical (unpaired) electrons. The molecule has 0 heterocycles. The highest BCUT2D eigenvalue weighted by Crippen LogP contribution is 2.13. The van der Waals surface area contributed by atoms with Gasteiger partial charge in [0.25, 0.3) is 0 Å². The van der Waals surface area contributed by atoms with Gasteiger partial charge in [-0.3, -0.25) is 0 Å². The quantitative estimate of drug-likeness (QED) is 0.751. The summed E-state index contributed by atoms with van der Waals surface area (Å²) in [7, 11) is 2.07. The Morgan fingerprint density at radius 3 is 2.40 bits per heavy atom. The van der Waals surface area contributed by atoms with Crippen LogP contribution < -0.4 is 5.32 Å². The lowest BCUT2D eigenvalue weighted by molar-refractivity contribution is 0.368. The van der Waals surface area contributed by atoms with Crippen LogP contribution in [0, 0.1) is 5.92 Å². The van der Waals surface area contributed by atoms with E-state index < -0.39 is 0 Å². The van der Waals surface area contributed by atoms with Gasteiger partial charge in [0.2, 0.25) is 0 Å². The highest BCUT2D eigenvalue weighted by Gasteiger charge is 2.12. The number of aryl methyl sites for hydroxylation is 1. The van der Waals surface area contributed by atoms with Crippen molar-refractivity contribution < 1.29 is 0 Å². The van der Waals surface area contributed by atoms with E-state index in [1.165, 1.54) is 24.8 Å². The van der Waals surface area contributed by atoms with Crippen LogP contribution >= 0.6 is 0 Å². The van der Waals surface area contributed by atoms with Gasteiger partial charge in [-0.15, -0.1) is 0 Å². The molecule has 0 spiro atoms. The molecule has 0 amide bonds. The molecule has 0 aromatic heterocycles. The molecule has 1 aromatic rings. The summed E-state index contributed by atoms with van der Waals surface area (Å²) in [6.07, 6.45) is 3.66. The van der Waals surface area contributed by atoms with Crippen LogP contribution in [0.25, 0.3) is 0 Å². The summed E-state index contributed by atoms with van der Waals surface area (Å²) in [5, 5.41) is 3.42. The third-order valence-corrected chi connectivity index (χ3v) is 3.29. The number of hydrogen-bond acceptors (Lipinski definition) is 1. The fourth-order valence-corrected chi connectivity index (χ4v) is 1.96. The molecular formula is C14H23N. The first-order valence-corrected chi connectivity index (χ1v) is 5.99. The van der Waals surface area contributed by atoms with Crippen molar-refractivity contribution in [1.82, 2.24) is 5.32 Å². The first-order chi connectivity index (χ1) is 7.27. The molecule has 0 aliphatic heterocycles. The third-order valence-electron chi connectivity index (χ3n) is 3.29. The highest BCUT2D eigenvalue weighted by atomic mass is 14.9. The maximum Gasteiger partial charge on any atom is 0.00927 e. The van der Waals surface area contributed by atoms with Gasteiger partial charge in [0.1, 0.15) is 0 Å². The van der Waals surface area contributed by atoms with Crippen LogP contribution in [-0.2, 0) is 6.42 Å². The van der Waals surface area contributed by atoms with Crippen molar-refractivity contribution in [2.24, 2.45) is 5.92 Å². The predicted octanol–water partition coefficient (Wildman–Crippen LogP) is 3.25. The van der Waals surface area contributed by atoms with E-state index in [2.05, 4.69) is 56.5 Å². The normalized spacial score (nSPS) is 14.9. The monoisotopic (exact) mass is 205 g/mol. The molecule has 1 aromatic carbocycles. The van der Waals surface area contributed by atoms with Crippen molar-refractivity contribution in [2.45, 2.75) is 39.2 Å². The number of rotatable bonds is 6. The molecule has 1 heteroatoms. The number of hydrogen-bond donors (Lipinski definition) is 1. The highest BCUT2D eigenvalue weighted by molar-refractivity contribution is 5.14. The molecule has 2 unspecified atom stereocenters. The molecule has 15 heavy (non-hydrogen) atoms. The smallest absolute Gasteiger partial charge is 0.00927 e. The summed E-state index contributed by atoms with van der Waals surface area (Å²) >= 11 is 0. The number of benzene rings is 1. The van der Waals surface area contributed by atoms with Gasteiger partial charge in [0.05, 0.1) is 0 Å². The number of nitrogens with one attached hydrogen (secondary N) is 1. The van der Waals surface area contributed by atoms with E-state index in [9.17, 15) is 0 Å². The van der Waals surface area contributed by atoms with Crippen LogP contribution in [-0.4, -0.2) is 13.1 Å². The second kappa shape index (κ2) is 6.62. The molecule has 0 aliphatic rings. The van der Waals surface area contributed by atoms with Crippen molar-refractivity contribution in [3.63, 3.8) is 0 Å². The van der Waals surface area contributed by atoms with E-state index in [4.69, 9.17) is 0 Å². The van der Waals surface area contributed by atoms with Gasteiger partial charge in [0.15, 0.2) is 0 Å². The average Bonchev–Trinajstić information content (AvgIpc) is 2.31. The van der Waals surface area contributed by atoms with Gasteiger partial charge in [-0.1, -0.05) is 50.6 Å². The summed E-state index contributed by atoms with van der Waals surface area (Å²) < 4.78 is 0. The molecule has 1 nitrogen and oxygen atoms in total. The summed E-state index contributed by atoms with van der Waals surface area (Å²) in [4.78, 5) is 0. The Morgan fingerprint density at radius 1 is 1.20 bits per heavy atom. The van der Waals surface area contributed by atoms with Gasteiger partial charge < -0.3 is 5.32 Å². The van der Waals surface area contributed by atoms with Gasteiger partial charge in [0, 0.05) is 6.04 Å². The Balaban J connectivity index is 2.41. The molecular weight excluding hydrogens is 182 g/mol. The lowest BCUT2D eigenvalue weighted by atomic mass is 9.93. The third kappa shape index (κ3) is 4.05. The Morgan fingerprint density at radius 2 is 1.87 bits per heavy atom. The van der Waals surface area contributed by atoms with Crippen molar-refractivity contribution in [3.8, 4) is 0 Å². The molecule has 0 fully saturated rings. The molecule has 0 saturated carbocycles. The summed E-state index contributed by atoms with van der Waals surface area (Å²) in [6.45, 7) is 4.59. The van der Waals surface area contributed by atoms with E-state index in [0.29, 0.717) is 6.04 Å². The van der Waals surface area contributed by atoms with Crippen LogP contribution in [0.3, 0.4) is 0 Å². The Kier molecular flexibility index (Phi) is 5.41. The van der Waals surface area contributed by atoms with Crippen molar-refractivity contribution in [1.29, 1.82) is 0 Å². The van der Waals surface area contributed by atoms with Crippen LogP contribution in [0.5, 0.6) is 0 Å². The van der Waals surface area contributed by atoms with Crippen molar-refractivity contribution in [2.75, 3.05) is 7.05 Å². The second-order valence-corrected chi connectivity index (χ2v) is 4.30. The van der Waals surface area contributed by atoms with E-state index in [0.717, 1.165) is 5.92 Å². The fourth-order valence-electron chi connectivity index (χ4n) is 1.96. The van der Waals surface area contributed by atoms with Gasteiger partial charge in [-0.2, -0.15) is 0 Å². The summed E-state index contributed by atoms with van der Waals surface area (Å²) in [6, 6.07) is 11.4. The Labute approximate surface area is 93.9 Å². The second-order valence-electron chi connectivity index (χ2n) is 4.30. The molecule has 1 rings (SSSR count). The van der Waals surface area contributed by atoms with Crippen LogP contribution in [0.1, 0.15) is 32.3 Å². The van der Waals surface area contributed by atoms with Gasteiger partial charge in [-0.05, 0) is 31.4 Å². The van der Waals surface area contributed by atoms with Crippen LogP contribution in [0.2, 0.25) is 0 Å². The van der Waals surface area contributed by atoms with Gasteiger partial charge >= 0.3 is 0 Å². The van der Waals surface area contributed by atoms with Crippen LogP contribution in [0.4, 0.5) is 0 Å². The molecule has 0 aliphatic carbocycles. The SMILES string of the molecule is CCC(C)C(CCc1ccccc1)NC. The first kappa shape index (κ1) is 12.3. The Hall–Kier alpha value is -0.820. The minimum absolute atomic E-state index is 0.648. The molecule has 84 valence electrons. The van der Waals surface area contributed by atoms with E-state index in [1.807, 2.05) is 0 Å². The van der Waals surface area contributed by atoms with E-state index in [1.54, 1.807) is 0 Å². The zero-order chi connectivity index (χ0) is 11.1. The summed E-state index contributed by atoms with van der Waals surface area (Å²) in [5.74, 6) is 0.763. The largest absolute Gasteiger partial charge is 0.317 e. The molecule has 1 N–H and O–H groups in total.